The zero-order valence-electron chi connectivity index (χ0n) is 15.1. The van der Waals surface area contributed by atoms with E-state index in [1.165, 1.54) is 5.56 Å². The normalized spacial score (nSPS) is 11.0. The number of ether oxygens (including phenoxy) is 1. The largest absolute Gasteiger partial charge is 0.494 e. The van der Waals surface area contributed by atoms with Crippen LogP contribution in [0.1, 0.15) is 12.0 Å². The molecule has 0 unspecified atom stereocenters. The Morgan fingerprint density at radius 1 is 1.07 bits per heavy atom. The number of nitrogens with zero attached hydrogens (tertiary/aromatic N) is 2. The van der Waals surface area contributed by atoms with Crippen LogP contribution >= 0.6 is 11.3 Å². The molecule has 0 saturated carbocycles. The minimum absolute atomic E-state index is 0.00812. The Bertz CT molecular complexity index is 1100. The zero-order valence-corrected chi connectivity index (χ0v) is 15.9. The van der Waals surface area contributed by atoms with Crippen LogP contribution in [0, 0.1) is 6.92 Å². The van der Waals surface area contributed by atoms with E-state index in [-0.39, 0.29) is 5.56 Å². The maximum Gasteiger partial charge on any atom is 0.262 e. The minimum Gasteiger partial charge on any atom is -0.494 e. The summed E-state index contributed by atoms with van der Waals surface area (Å²) in [6.45, 7) is 3.20. The van der Waals surface area contributed by atoms with Crippen LogP contribution < -0.4 is 10.3 Å². The number of hydrogen-bond acceptors (Lipinski definition) is 4. The first-order valence-electron chi connectivity index (χ1n) is 8.94. The lowest BCUT2D eigenvalue weighted by Crippen LogP contribution is -2.21. The molecule has 2 aromatic carbocycles. The molecular formula is C22H20N2O2S. The lowest BCUT2D eigenvalue weighted by Gasteiger charge is -2.08. The summed E-state index contributed by atoms with van der Waals surface area (Å²) in [5.74, 6) is 0.854. The van der Waals surface area contributed by atoms with E-state index in [0.717, 1.165) is 27.4 Å². The van der Waals surface area contributed by atoms with E-state index in [4.69, 9.17) is 4.74 Å². The van der Waals surface area contributed by atoms with E-state index in [1.807, 2.05) is 67.6 Å². The number of aryl methyl sites for hydroxylation is 2. The molecule has 0 bridgehead atoms. The zero-order chi connectivity index (χ0) is 18.6. The molecule has 0 aliphatic carbocycles. The Balaban J connectivity index is 1.45. The van der Waals surface area contributed by atoms with Crippen molar-refractivity contribution in [3.05, 3.63) is 82.9 Å². The summed E-state index contributed by atoms with van der Waals surface area (Å²) in [6.07, 6.45) is 2.39. The van der Waals surface area contributed by atoms with Gasteiger partial charge >= 0.3 is 0 Å². The molecular weight excluding hydrogens is 356 g/mol. The Hall–Kier alpha value is -2.92. The lowest BCUT2D eigenvalue weighted by atomic mass is 10.2. The molecule has 0 aliphatic rings. The van der Waals surface area contributed by atoms with Gasteiger partial charge < -0.3 is 4.74 Å². The predicted molar refractivity (Wildman–Crippen MR) is 111 cm³/mol. The van der Waals surface area contributed by atoms with E-state index >= 15 is 0 Å². The summed E-state index contributed by atoms with van der Waals surface area (Å²) in [4.78, 5) is 19.1. The van der Waals surface area contributed by atoms with Crippen LogP contribution in [-0.4, -0.2) is 16.2 Å². The number of fused-ring (bicyclic) bond motifs is 1. The van der Waals surface area contributed by atoms with Gasteiger partial charge in [-0.15, -0.1) is 11.3 Å². The fraction of sp³-hybridized carbons (Fsp3) is 0.182. The van der Waals surface area contributed by atoms with E-state index in [1.54, 1.807) is 22.2 Å². The van der Waals surface area contributed by atoms with E-state index in [0.29, 0.717) is 18.5 Å². The smallest absolute Gasteiger partial charge is 0.262 e. The van der Waals surface area contributed by atoms with Crippen molar-refractivity contribution in [1.82, 2.24) is 9.55 Å². The van der Waals surface area contributed by atoms with Gasteiger partial charge in [-0.05, 0) is 37.1 Å². The second kappa shape index (κ2) is 7.76. The number of hydrogen-bond donors (Lipinski definition) is 0. The van der Waals surface area contributed by atoms with E-state index in [2.05, 4.69) is 4.98 Å². The second-order valence-electron chi connectivity index (χ2n) is 6.45. The summed E-state index contributed by atoms with van der Waals surface area (Å²) in [5, 5.41) is 0.681. The Labute approximate surface area is 161 Å². The molecule has 0 atom stereocenters. The van der Waals surface area contributed by atoms with Crippen LogP contribution in [-0.2, 0) is 6.54 Å². The highest BCUT2D eigenvalue weighted by Gasteiger charge is 2.10. The van der Waals surface area contributed by atoms with Gasteiger partial charge in [0.25, 0.3) is 5.56 Å². The topological polar surface area (TPSA) is 44.1 Å². The molecule has 0 amide bonds. The van der Waals surface area contributed by atoms with Crippen LogP contribution in [0.5, 0.6) is 5.75 Å². The first kappa shape index (κ1) is 17.5. The molecule has 4 rings (SSSR count). The predicted octanol–water partition coefficient (Wildman–Crippen LogP) is 4.90. The molecule has 4 aromatic rings. The van der Waals surface area contributed by atoms with Gasteiger partial charge in [0.15, 0.2) is 0 Å². The second-order valence-corrected chi connectivity index (χ2v) is 7.48. The molecule has 0 radical (unpaired) electrons. The lowest BCUT2D eigenvalue weighted by molar-refractivity contribution is 0.301. The third-order valence-corrected chi connectivity index (χ3v) is 5.50. The van der Waals surface area contributed by atoms with Crippen molar-refractivity contribution in [3.63, 3.8) is 0 Å². The van der Waals surface area contributed by atoms with E-state index in [9.17, 15) is 4.79 Å². The van der Waals surface area contributed by atoms with Gasteiger partial charge in [-0.3, -0.25) is 9.36 Å². The highest BCUT2D eigenvalue weighted by molar-refractivity contribution is 7.21. The van der Waals surface area contributed by atoms with Gasteiger partial charge in [0, 0.05) is 11.4 Å². The van der Waals surface area contributed by atoms with Crippen LogP contribution in [0.2, 0.25) is 0 Å². The van der Waals surface area contributed by atoms with Crippen LogP contribution in [0.25, 0.3) is 20.7 Å². The van der Waals surface area contributed by atoms with Gasteiger partial charge in [-0.25, -0.2) is 4.98 Å². The van der Waals surface area contributed by atoms with Crippen molar-refractivity contribution < 1.29 is 4.74 Å². The van der Waals surface area contributed by atoms with Gasteiger partial charge in [-0.2, -0.15) is 0 Å². The van der Waals surface area contributed by atoms with Crippen molar-refractivity contribution >= 4 is 21.6 Å². The molecule has 27 heavy (non-hydrogen) atoms. The molecule has 2 aromatic heterocycles. The summed E-state index contributed by atoms with van der Waals surface area (Å²) in [7, 11) is 0. The Morgan fingerprint density at radius 3 is 2.63 bits per heavy atom. The van der Waals surface area contributed by atoms with Crippen molar-refractivity contribution in [1.29, 1.82) is 0 Å². The van der Waals surface area contributed by atoms with Crippen LogP contribution in [0.15, 0.2) is 71.8 Å². The summed E-state index contributed by atoms with van der Waals surface area (Å²) in [5.41, 5.74) is 2.32. The first-order valence-corrected chi connectivity index (χ1v) is 9.76. The number of benzene rings is 2. The molecule has 5 heteroatoms. The third-order valence-electron chi connectivity index (χ3n) is 4.41. The molecule has 0 aliphatic heterocycles. The van der Waals surface area contributed by atoms with Crippen LogP contribution in [0.4, 0.5) is 0 Å². The molecule has 0 fully saturated rings. The van der Waals surface area contributed by atoms with Crippen molar-refractivity contribution in [3.8, 4) is 16.2 Å². The average Bonchev–Trinajstić information content (AvgIpc) is 3.14. The molecule has 0 spiro atoms. The molecule has 2 heterocycles. The summed E-state index contributed by atoms with van der Waals surface area (Å²) in [6, 6.07) is 20.0. The summed E-state index contributed by atoms with van der Waals surface area (Å²) >= 11 is 1.55. The fourth-order valence-electron chi connectivity index (χ4n) is 2.92. The van der Waals surface area contributed by atoms with Crippen molar-refractivity contribution in [2.75, 3.05) is 6.61 Å². The molecule has 0 saturated heterocycles. The highest BCUT2D eigenvalue weighted by atomic mass is 32.1. The first-order chi connectivity index (χ1) is 13.2. The fourth-order valence-corrected chi connectivity index (χ4v) is 3.92. The minimum atomic E-state index is 0.00812. The monoisotopic (exact) mass is 376 g/mol. The van der Waals surface area contributed by atoms with Crippen molar-refractivity contribution in [2.24, 2.45) is 0 Å². The average molecular weight is 376 g/mol. The number of rotatable bonds is 6. The molecule has 136 valence electrons. The standard InChI is InChI=1S/C22H20N2O2S/c1-16-8-10-18(11-9-16)26-13-5-12-24-15-23-21-19(22(24)25)14-20(27-21)17-6-3-2-4-7-17/h2-4,6-11,14-15H,5,12-13H2,1H3. The number of thiophene rings is 1. The Morgan fingerprint density at radius 2 is 1.85 bits per heavy atom. The van der Waals surface area contributed by atoms with Crippen LogP contribution in [0.3, 0.4) is 0 Å². The highest BCUT2D eigenvalue weighted by Crippen LogP contribution is 2.30. The maximum absolute atomic E-state index is 12.8. The SMILES string of the molecule is Cc1ccc(OCCCn2cnc3sc(-c4ccccc4)cc3c2=O)cc1. The third kappa shape index (κ3) is 3.93. The van der Waals surface area contributed by atoms with Gasteiger partial charge in [0.2, 0.25) is 0 Å². The number of aromatic nitrogens is 2. The summed E-state index contributed by atoms with van der Waals surface area (Å²) < 4.78 is 7.41. The molecule has 4 nitrogen and oxygen atoms in total. The van der Waals surface area contributed by atoms with E-state index < -0.39 is 0 Å². The van der Waals surface area contributed by atoms with Gasteiger partial charge in [-0.1, -0.05) is 48.0 Å². The maximum atomic E-state index is 12.8. The quantitative estimate of drug-likeness (QED) is 0.450. The Kier molecular flexibility index (Phi) is 5.03. The van der Waals surface area contributed by atoms with Crippen molar-refractivity contribution in [2.45, 2.75) is 19.9 Å². The van der Waals surface area contributed by atoms with Gasteiger partial charge in [0.1, 0.15) is 10.6 Å². The molecule has 0 N–H and O–H groups in total. The van der Waals surface area contributed by atoms with Gasteiger partial charge in [0.05, 0.1) is 18.3 Å².